The molecule has 0 saturated carbocycles. The van der Waals surface area contributed by atoms with Crippen LogP contribution >= 0.6 is 11.6 Å². The van der Waals surface area contributed by atoms with Crippen molar-refractivity contribution in [1.82, 2.24) is 10.3 Å². The first-order valence-electron chi connectivity index (χ1n) is 6.75. The van der Waals surface area contributed by atoms with Crippen LogP contribution in [0.4, 0.5) is 5.82 Å². The van der Waals surface area contributed by atoms with Crippen molar-refractivity contribution in [2.45, 2.75) is 32.7 Å². The van der Waals surface area contributed by atoms with Crippen LogP contribution in [0.3, 0.4) is 0 Å². The third-order valence-electron chi connectivity index (χ3n) is 3.37. The summed E-state index contributed by atoms with van der Waals surface area (Å²) in [4.78, 5) is 6.72. The molecule has 2 rings (SSSR count). The van der Waals surface area contributed by atoms with E-state index < -0.39 is 0 Å². The summed E-state index contributed by atoms with van der Waals surface area (Å²) < 4.78 is 0. The fourth-order valence-electron chi connectivity index (χ4n) is 2.44. The van der Waals surface area contributed by atoms with E-state index >= 15 is 0 Å². The Hall–Kier alpha value is -0.800. The van der Waals surface area contributed by atoms with Crippen molar-refractivity contribution in [3.63, 3.8) is 0 Å². The SMILES string of the molecule is CC(C)NCC1CCCN(c2ncccc2Cl)C1. The van der Waals surface area contributed by atoms with E-state index in [1.807, 2.05) is 18.3 Å². The third kappa shape index (κ3) is 3.59. The van der Waals surface area contributed by atoms with Crippen molar-refractivity contribution in [3.05, 3.63) is 23.4 Å². The minimum atomic E-state index is 0.554. The predicted molar refractivity (Wildman–Crippen MR) is 77.3 cm³/mol. The molecule has 0 amide bonds. The van der Waals surface area contributed by atoms with E-state index in [-0.39, 0.29) is 0 Å². The highest BCUT2D eigenvalue weighted by Crippen LogP contribution is 2.27. The number of piperidine rings is 1. The number of pyridine rings is 1. The lowest BCUT2D eigenvalue weighted by atomic mass is 9.97. The van der Waals surface area contributed by atoms with Gasteiger partial charge < -0.3 is 10.2 Å². The van der Waals surface area contributed by atoms with Crippen molar-refractivity contribution in [2.75, 3.05) is 24.5 Å². The molecule has 0 aromatic carbocycles. The lowest BCUT2D eigenvalue weighted by molar-refractivity contribution is 0.378. The van der Waals surface area contributed by atoms with Gasteiger partial charge in [-0.1, -0.05) is 25.4 Å². The number of hydrogen-bond acceptors (Lipinski definition) is 3. The highest BCUT2D eigenvalue weighted by atomic mass is 35.5. The average Bonchev–Trinajstić information content (AvgIpc) is 2.37. The average molecular weight is 268 g/mol. The Bertz CT molecular complexity index is 381. The zero-order chi connectivity index (χ0) is 13.0. The van der Waals surface area contributed by atoms with Crippen LogP contribution in [0.15, 0.2) is 18.3 Å². The van der Waals surface area contributed by atoms with Crippen molar-refractivity contribution < 1.29 is 0 Å². The van der Waals surface area contributed by atoms with Gasteiger partial charge in [-0.25, -0.2) is 4.98 Å². The fraction of sp³-hybridized carbons (Fsp3) is 0.643. The first-order chi connectivity index (χ1) is 8.66. The van der Waals surface area contributed by atoms with Crippen LogP contribution in [-0.2, 0) is 0 Å². The van der Waals surface area contributed by atoms with Gasteiger partial charge >= 0.3 is 0 Å². The van der Waals surface area contributed by atoms with Gasteiger partial charge in [0.05, 0.1) is 5.02 Å². The zero-order valence-corrected chi connectivity index (χ0v) is 12.0. The Kier molecular flexibility index (Phi) is 4.84. The van der Waals surface area contributed by atoms with E-state index in [0.717, 1.165) is 30.5 Å². The molecule has 1 aliphatic rings. The largest absolute Gasteiger partial charge is 0.355 e. The topological polar surface area (TPSA) is 28.2 Å². The lowest BCUT2D eigenvalue weighted by Crippen LogP contribution is -2.41. The van der Waals surface area contributed by atoms with Crippen LogP contribution in [-0.4, -0.2) is 30.7 Å². The summed E-state index contributed by atoms with van der Waals surface area (Å²) >= 11 is 6.21. The Balaban J connectivity index is 1.96. The molecule has 1 fully saturated rings. The molecular weight excluding hydrogens is 246 g/mol. The maximum Gasteiger partial charge on any atom is 0.147 e. The third-order valence-corrected chi connectivity index (χ3v) is 3.67. The summed E-state index contributed by atoms with van der Waals surface area (Å²) in [5.41, 5.74) is 0. The van der Waals surface area contributed by atoms with Gasteiger partial charge in [-0.2, -0.15) is 0 Å². The van der Waals surface area contributed by atoms with E-state index in [2.05, 4.69) is 29.0 Å². The molecule has 1 atom stereocenters. The molecule has 0 radical (unpaired) electrons. The smallest absolute Gasteiger partial charge is 0.147 e. The molecule has 1 aromatic rings. The Labute approximate surface area is 115 Å². The number of rotatable bonds is 4. The Morgan fingerprint density at radius 2 is 2.39 bits per heavy atom. The molecule has 0 bridgehead atoms. The summed E-state index contributed by atoms with van der Waals surface area (Å²) in [5.74, 6) is 1.63. The van der Waals surface area contributed by atoms with Gasteiger partial charge in [0.1, 0.15) is 5.82 Å². The number of nitrogens with one attached hydrogen (secondary N) is 1. The van der Waals surface area contributed by atoms with Gasteiger partial charge in [0, 0.05) is 25.3 Å². The van der Waals surface area contributed by atoms with E-state index in [1.165, 1.54) is 12.8 Å². The van der Waals surface area contributed by atoms with Gasteiger partial charge in [0.25, 0.3) is 0 Å². The van der Waals surface area contributed by atoms with Crippen molar-refractivity contribution in [1.29, 1.82) is 0 Å². The second-order valence-corrected chi connectivity index (χ2v) is 5.73. The molecular formula is C14H22ClN3. The molecule has 1 N–H and O–H groups in total. The summed E-state index contributed by atoms with van der Waals surface area (Å²) in [6.45, 7) is 7.58. The first kappa shape index (κ1) is 13.6. The maximum absolute atomic E-state index is 6.21. The predicted octanol–water partition coefficient (Wildman–Crippen LogP) is 2.95. The van der Waals surface area contributed by atoms with Crippen LogP contribution in [0.2, 0.25) is 5.02 Å². The second-order valence-electron chi connectivity index (χ2n) is 5.33. The monoisotopic (exact) mass is 267 g/mol. The number of anilines is 1. The molecule has 0 spiro atoms. The maximum atomic E-state index is 6.21. The van der Waals surface area contributed by atoms with E-state index in [9.17, 15) is 0 Å². The molecule has 0 aliphatic carbocycles. The summed E-state index contributed by atoms with van der Waals surface area (Å²) in [6, 6.07) is 4.35. The van der Waals surface area contributed by atoms with Gasteiger partial charge in [0.2, 0.25) is 0 Å². The standard InChI is InChI=1S/C14H22ClN3/c1-11(2)17-9-12-5-4-8-18(10-12)14-13(15)6-3-7-16-14/h3,6-7,11-12,17H,4-5,8-10H2,1-2H3. The minimum absolute atomic E-state index is 0.554. The Morgan fingerprint density at radius 1 is 1.56 bits per heavy atom. The number of halogens is 1. The van der Waals surface area contributed by atoms with Gasteiger partial charge in [-0.3, -0.25) is 0 Å². The van der Waals surface area contributed by atoms with Crippen LogP contribution in [0, 0.1) is 5.92 Å². The van der Waals surface area contributed by atoms with Gasteiger partial charge in [0.15, 0.2) is 0 Å². The van der Waals surface area contributed by atoms with Crippen molar-refractivity contribution in [3.8, 4) is 0 Å². The highest BCUT2D eigenvalue weighted by Gasteiger charge is 2.22. The molecule has 100 valence electrons. The molecule has 1 saturated heterocycles. The zero-order valence-electron chi connectivity index (χ0n) is 11.2. The van der Waals surface area contributed by atoms with Gasteiger partial charge in [-0.15, -0.1) is 0 Å². The van der Waals surface area contributed by atoms with E-state index in [1.54, 1.807) is 0 Å². The van der Waals surface area contributed by atoms with Crippen LogP contribution in [0.25, 0.3) is 0 Å². The minimum Gasteiger partial charge on any atom is -0.355 e. The summed E-state index contributed by atoms with van der Waals surface area (Å²) in [6.07, 6.45) is 4.33. The lowest BCUT2D eigenvalue weighted by Gasteiger charge is -2.34. The van der Waals surface area contributed by atoms with Crippen LogP contribution in [0.5, 0.6) is 0 Å². The number of hydrogen-bond donors (Lipinski definition) is 1. The molecule has 1 aliphatic heterocycles. The van der Waals surface area contributed by atoms with Crippen molar-refractivity contribution >= 4 is 17.4 Å². The first-order valence-corrected chi connectivity index (χ1v) is 7.13. The molecule has 1 unspecified atom stereocenters. The normalized spacial score (nSPS) is 20.4. The molecule has 18 heavy (non-hydrogen) atoms. The second kappa shape index (κ2) is 6.39. The molecule has 1 aromatic heterocycles. The van der Waals surface area contributed by atoms with Crippen LogP contribution < -0.4 is 10.2 Å². The van der Waals surface area contributed by atoms with Crippen LogP contribution in [0.1, 0.15) is 26.7 Å². The number of nitrogens with zero attached hydrogens (tertiary/aromatic N) is 2. The van der Waals surface area contributed by atoms with E-state index in [4.69, 9.17) is 11.6 Å². The van der Waals surface area contributed by atoms with E-state index in [0.29, 0.717) is 12.0 Å². The van der Waals surface area contributed by atoms with Crippen molar-refractivity contribution in [2.24, 2.45) is 5.92 Å². The highest BCUT2D eigenvalue weighted by molar-refractivity contribution is 6.32. The summed E-state index contributed by atoms with van der Waals surface area (Å²) in [7, 11) is 0. The quantitative estimate of drug-likeness (QED) is 0.909. The summed E-state index contributed by atoms with van der Waals surface area (Å²) in [5, 5.41) is 4.28. The Morgan fingerprint density at radius 3 is 3.11 bits per heavy atom. The van der Waals surface area contributed by atoms with Gasteiger partial charge in [-0.05, 0) is 37.4 Å². The fourth-order valence-corrected chi connectivity index (χ4v) is 2.68. The number of aromatic nitrogens is 1. The molecule has 3 nitrogen and oxygen atoms in total. The molecule has 4 heteroatoms. The molecule has 2 heterocycles.